The molecule has 0 aliphatic carbocycles. The molecule has 0 saturated heterocycles. The van der Waals surface area contributed by atoms with E-state index in [0.29, 0.717) is 12.2 Å². The lowest BCUT2D eigenvalue weighted by Crippen LogP contribution is -2.06. The molecule has 0 radical (unpaired) electrons. The van der Waals surface area contributed by atoms with Crippen LogP contribution in [0.15, 0.2) is 42.5 Å². The molecule has 82 valence electrons. The fourth-order valence-corrected chi connectivity index (χ4v) is 1.68. The Morgan fingerprint density at radius 1 is 1.12 bits per heavy atom. The Labute approximate surface area is 94.8 Å². The number of esters is 1. The number of carbonyl (C=O) groups excluding carboxylic acids is 1. The highest BCUT2D eigenvalue weighted by Gasteiger charge is 2.09. The number of benzene rings is 2. The Bertz CT molecular complexity index is 498. The van der Waals surface area contributed by atoms with Crippen LogP contribution in [0.2, 0.25) is 0 Å². The highest BCUT2D eigenvalue weighted by Crippen LogP contribution is 2.19. The molecule has 2 aromatic carbocycles. The lowest BCUT2D eigenvalue weighted by Gasteiger charge is -2.06. The summed E-state index contributed by atoms with van der Waals surface area (Å²) in [6.45, 7) is 2.46. The third-order valence-electron chi connectivity index (χ3n) is 2.45. The average molecular weight is 214 g/mol. The highest BCUT2D eigenvalue weighted by molar-refractivity contribution is 6.04. The quantitative estimate of drug-likeness (QED) is 0.732. The molecule has 0 atom stereocenters. The van der Waals surface area contributed by atoms with E-state index in [0.717, 1.165) is 17.2 Å². The summed E-state index contributed by atoms with van der Waals surface area (Å²) in [5.41, 5.74) is 0.645. The second-order valence-electron chi connectivity index (χ2n) is 3.66. The Morgan fingerprint density at radius 3 is 2.69 bits per heavy atom. The summed E-state index contributed by atoms with van der Waals surface area (Å²) in [4.78, 5) is 11.8. The van der Waals surface area contributed by atoms with Gasteiger partial charge < -0.3 is 4.74 Å². The first-order valence-corrected chi connectivity index (χ1v) is 5.48. The largest absolute Gasteiger partial charge is 0.462 e. The summed E-state index contributed by atoms with van der Waals surface area (Å²) in [6.07, 6.45) is 0.844. The zero-order valence-electron chi connectivity index (χ0n) is 9.27. The molecule has 0 amide bonds. The molecule has 0 bridgehead atoms. The van der Waals surface area contributed by atoms with Gasteiger partial charge in [-0.05, 0) is 23.3 Å². The van der Waals surface area contributed by atoms with Crippen LogP contribution in [-0.4, -0.2) is 12.6 Å². The molecule has 16 heavy (non-hydrogen) atoms. The summed E-state index contributed by atoms with van der Waals surface area (Å²) in [6, 6.07) is 13.5. The predicted molar refractivity (Wildman–Crippen MR) is 64.5 cm³/mol. The van der Waals surface area contributed by atoms with Crippen LogP contribution < -0.4 is 0 Å². The zero-order valence-corrected chi connectivity index (χ0v) is 9.27. The van der Waals surface area contributed by atoms with Crippen LogP contribution in [-0.2, 0) is 4.74 Å². The molecule has 2 heteroatoms. The molecule has 0 aromatic heterocycles. The van der Waals surface area contributed by atoms with E-state index in [4.69, 9.17) is 4.74 Å². The highest BCUT2D eigenvalue weighted by atomic mass is 16.5. The van der Waals surface area contributed by atoms with E-state index in [1.807, 2.05) is 43.3 Å². The zero-order chi connectivity index (χ0) is 11.4. The minimum absolute atomic E-state index is 0.237. The molecule has 2 nitrogen and oxygen atoms in total. The van der Waals surface area contributed by atoms with Crippen molar-refractivity contribution in [2.75, 3.05) is 6.61 Å². The van der Waals surface area contributed by atoms with Gasteiger partial charge in [-0.2, -0.15) is 0 Å². The first-order chi connectivity index (χ1) is 7.83. The van der Waals surface area contributed by atoms with Crippen molar-refractivity contribution in [2.24, 2.45) is 0 Å². The van der Waals surface area contributed by atoms with E-state index >= 15 is 0 Å². The van der Waals surface area contributed by atoms with Crippen molar-refractivity contribution in [3.05, 3.63) is 48.0 Å². The molecular weight excluding hydrogens is 200 g/mol. The van der Waals surface area contributed by atoms with Gasteiger partial charge in [0, 0.05) is 0 Å². The average Bonchev–Trinajstić information content (AvgIpc) is 2.35. The first-order valence-electron chi connectivity index (χ1n) is 5.48. The van der Waals surface area contributed by atoms with Crippen molar-refractivity contribution in [3.63, 3.8) is 0 Å². The van der Waals surface area contributed by atoms with Crippen LogP contribution in [0.3, 0.4) is 0 Å². The molecule has 0 spiro atoms. The molecule has 0 saturated carbocycles. The van der Waals surface area contributed by atoms with Gasteiger partial charge in [0.2, 0.25) is 0 Å². The predicted octanol–water partition coefficient (Wildman–Crippen LogP) is 3.41. The van der Waals surface area contributed by atoms with Crippen LogP contribution in [0, 0.1) is 0 Å². The standard InChI is InChI=1S/C14H14O2/c1-2-10-16-14(15)13-9-5-7-11-6-3-4-8-12(11)13/h3-9H,2,10H2,1H3. The lowest BCUT2D eigenvalue weighted by atomic mass is 10.1. The van der Waals surface area contributed by atoms with Crippen LogP contribution in [0.1, 0.15) is 23.7 Å². The van der Waals surface area contributed by atoms with E-state index in [-0.39, 0.29) is 5.97 Å². The van der Waals surface area contributed by atoms with Crippen molar-refractivity contribution < 1.29 is 9.53 Å². The smallest absolute Gasteiger partial charge is 0.338 e. The number of fused-ring (bicyclic) bond motifs is 1. The second-order valence-corrected chi connectivity index (χ2v) is 3.66. The van der Waals surface area contributed by atoms with Gasteiger partial charge in [0.15, 0.2) is 0 Å². The van der Waals surface area contributed by atoms with E-state index in [9.17, 15) is 4.79 Å². The number of carbonyl (C=O) groups is 1. The Morgan fingerprint density at radius 2 is 1.88 bits per heavy atom. The second kappa shape index (κ2) is 4.79. The molecule has 0 fully saturated rings. The summed E-state index contributed by atoms with van der Waals surface area (Å²) in [5.74, 6) is -0.237. The van der Waals surface area contributed by atoms with Gasteiger partial charge in [0.25, 0.3) is 0 Å². The van der Waals surface area contributed by atoms with Crippen LogP contribution >= 0.6 is 0 Å². The molecule has 2 aromatic rings. The molecule has 2 rings (SSSR count). The summed E-state index contributed by atoms with van der Waals surface area (Å²) >= 11 is 0. The maximum absolute atomic E-state index is 11.8. The van der Waals surface area contributed by atoms with Gasteiger partial charge in [-0.1, -0.05) is 43.3 Å². The van der Waals surface area contributed by atoms with Gasteiger partial charge in [-0.15, -0.1) is 0 Å². The Balaban J connectivity index is 2.40. The van der Waals surface area contributed by atoms with Crippen molar-refractivity contribution in [1.82, 2.24) is 0 Å². The third-order valence-corrected chi connectivity index (χ3v) is 2.45. The fraction of sp³-hybridized carbons (Fsp3) is 0.214. The van der Waals surface area contributed by atoms with E-state index < -0.39 is 0 Å². The molecule has 0 unspecified atom stereocenters. The first kappa shape index (κ1) is 10.7. The number of hydrogen-bond donors (Lipinski definition) is 0. The van der Waals surface area contributed by atoms with Crippen LogP contribution in [0.25, 0.3) is 10.8 Å². The monoisotopic (exact) mass is 214 g/mol. The van der Waals surface area contributed by atoms with E-state index in [2.05, 4.69) is 0 Å². The van der Waals surface area contributed by atoms with Crippen molar-refractivity contribution in [3.8, 4) is 0 Å². The molecule has 0 aliphatic heterocycles. The topological polar surface area (TPSA) is 26.3 Å². The van der Waals surface area contributed by atoms with Gasteiger partial charge >= 0.3 is 5.97 Å². The Kier molecular flexibility index (Phi) is 3.20. The number of ether oxygens (including phenoxy) is 1. The summed E-state index contributed by atoms with van der Waals surface area (Å²) in [5, 5.41) is 2.01. The summed E-state index contributed by atoms with van der Waals surface area (Å²) in [7, 11) is 0. The van der Waals surface area contributed by atoms with Crippen LogP contribution in [0.5, 0.6) is 0 Å². The molecule has 0 heterocycles. The lowest BCUT2D eigenvalue weighted by molar-refractivity contribution is 0.0507. The van der Waals surface area contributed by atoms with Gasteiger partial charge in [0.05, 0.1) is 12.2 Å². The minimum atomic E-state index is -0.237. The van der Waals surface area contributed by atoms with Gasteiger partial charge in [-0.3, -0.25) is 0 Å². The van der Waals surface area contributed by atoms with E-state index in [1.165, 1.54) is 0 Å². The molecule has 0 aliphatic rings. The SMILES string of the molecule is CCCOC(=O)c1cccc2ccccc12. The van der Waals surface area contributed by atoms with Crippen molar-refractivity contribution in [1.29, 1.82) is 0 Å². The Hall–Kier alpha value is -1.83. The third kappa shape index (κ3) is 2.06. The molecular formula is C14H14O2. The fourth-order valence-electron chi connectivity index (χ4n) is 1.68. The van der Waals surface area contributed by atoms with Gasteiger partial charge in [0.1, 0.15) is 0 Å². The summed E-state index contributed by atoms with van der Waals surface area (Å²) < 4.78 is 5.15. The van der Waals surface area contributed by atoms with Crippen molar-refractivity contribution in [2.45, 2.75) is 13.3 Å². The number of rotatable bonds is 3. The van der Waals surface area contributed by atoms with Gasteiger partial charge in [-0.25, -0.2) is 4.79 Å². The molecule has 0 N–H and O–H groups in total. The van der Waals surface area contributed by atoms with E-state index in [1.54, 1.807) is 6.07 Å². The maximum Gasteiger partial charge on any atom is 0.338 e. The van der Waals surface area contributed by atoms with Crippen molar-refractivity contribution >= 4 is 16.7 Å². The van der Waals surface area contributed by atoms with Crippen LogP contribution in [0.4, 0.5) is 0 Å². The number of hydrogen-bond acceptors (Lipinski definition) is 2. The maximum atomic E-state index is 11.8. The normalized spacial score (nSPS) is 10.3. The minimum Gasteiger partial charge on any atom is -0.462 e.